The Bertz CT molecular complexity index is 2110. The first-order valence-electron chi connectivity index (χ1n) is 23.2. The molecule has 2 radical (unpaired) electrons. The molecule has 0 spiro atoms. The molecule has 8 heteroatoms. The van der Waals surface area contributed by atoms with Crippen LogP contribution in [0.4, 0.5) is 0 Å². The molecule has 0 atom stereocenters. The number of rotatable bonds is 12. The molecule has 0 fully saturated rings. The van der Waals surface area contributed by atoms with E-state index in [1.165, 1.54) is 91.7 Å². The van der Waals surface area contributed by atoms with Gasteiger partial charge in [-0.3, -0.25) is 0 Å². The maximum atomic E-state index is 4.93. The van der Waals surface area contributed by atoms with Gasteiger partial charge in [0, 0.05) is 9.52 Å². The van der Waals surface area contributed by atoms with Gasteiger partial charge in [0.25, 0.3) is 0 Å². The van der Waals surface area contributed by atoms with Crippen molar-refractivity contribution in [1.29, 1.82) is 0 Å². The second kappa shape index (κ2) is 23.9. The van der Waals surface area contributed by atoms with Gasteiger partial charge in [-0.15, -0.1) is 69.1 Å². The number of aryl methyl sites for hydroxylation is 4. The van der Waals surface area contributed by atoms with E-state index in [9.17, 15) is 0 Å². The summed E-state index contributed by atoms with van der Waals surface area (Å²) in [6.45, 7) is 43.1. The molecule has 0 aliphatic heterocycles. The Balaban J connectivity index is 0.000000293. The van der Waals surface area contributed by atoms with Crippen molar-refractivity contribution in [3.8, 4) is 22.3 Å². The quantitative estimate of drug-likeness (QED) is 0.0846. The molecule has 0 bridgehead atoms. The molecule has 0 aromatic heterocycles. The van der Waals surface area contributed by atoms with Gasteiger partial charge >= 0.3 is 37.9 Å². The van der Waals surface area contributed by atoms with Crippen molar-refractivity contribution < 1.29 is 20.8 Å². The first-order chi connectivity index (χ1) is 28.9. The van der Waals surface area contributed by atoms with Crippen molar-refractivity contribution in [3.05, 3.63) is 107 Å². The van der Waals surface area contributed by atoms with E-state index in [4.69, 9.17) is 17.0 Å². The third kappa shape index (κ3) is 14.8. The summed E-state index contributed by atoms with van der Waals surface area (Å²) in [5, 5.41) is 12.1. The predicted octanol–water partition coefficient (Wildman–Crippen LogP) is 15.8. The molecule has 0 aliphatic carbocycles. The average Bonchev–Trinajstić information content (AvgIpc) is 3.80. The van der Waals surface area contributed by atoms with Gasteiger partial charge in [0.2, 0.25) is 0 Å². The normalized spacial score (nSPS) is 11.9. The van der Waals surface area contributed by atoms with Crippen molar-refractivity contribution in [2.75, 3.05) is 0 Å². The van der Waals surface area contributed by atoms with E-state index in [-0.39, 0.29) is 0 Å². The van der Waals surface area contributed by atoms with Crippen LogP contribution >= 0.6 is 17.0 Å². The third-order valence-corrected chi connectivity index (χ3v) is 19.9. The van der Waals surface area contributed by atoms with Gasteiger partial charge in [-0.05, 0) is 36.8 Å². The van der Waals surface area contributed by atoms with Crippen LogP contribution in [0.25, 0.3) is 43.8 Å². The topological polar surface area (TPSA) is 0 Å². The van der Waals surface area contributed by atoms with Crippen LogP contribution in [0.5, 0.6) is 0 Å². The summed E-state index contributed by atoms with van der Waals surface area (Å²) >= 11 is -0.826. The Morgan fingerprint density at radius 2 is 0.742 bits per heavy atom. The fourth-order valence-electron chi connectivity index (χ4n) is 8.19. The summed E-state index contributed by atoms with van der Waals surface area (Å²) in [5.41, 5.74) is 11.8. The van der Waals surface area contributed by atoms with Crippen molar-refractivity contribution in [2.24, 2.45) is 0 Å². The predicted molar refractivity (Wildman–Crippen MR) is 298 cm³/mol. The van der Waals surface area contributed by atoms with Crippen molar-refractivity contribution in [2.45, 2.75) is 158 Å². The molecule has 6 aromatic rings. The summed E-state index contributed by atoms with van der Waals surface area (Å²) in [4.78, 5) is 0. The van der Waals surface area contributed by atoms with E-state index in [0.29, 0.717) is 0 Å². The Hall–Kier alpha value is -1.35. The SMILES string of the molecule is CCCc1cc2c(-c3cc([Si](C)(C)C)cc([Si](C)(C)C)c3)c(CC)ccc2[cH-]1.CCCc1cc2c(-c3cc([Si](C)(C)C)cc([Si](C)(C)C)c3)c(CC)ccc2[cH-]1.C[Si]C.[Cl][Zr+2][Cl]. The zero-order valence-electron chi connectivity index (χ0n) is 42.1. The van der Waals surface area contributed by atoms with Crippen LogP contribution < -0.4 is 20.7 Å². The zero-order chi connectivity index (χ0) is 46.8. The van der Waals surface area contributed by atoms with Gasteiger partial charge in [0.1, 0.15) is 0 Å². The van der Waals surface area contributed by atoms with Crippen molar-refractivity contribution in [3.63, 3.8) is 0 Å². The van der Waals surface area contributed by atoms with Gasteiger partial charge in [-0.1, -0.05) is 212 Å². The molecular formula is C54H80Cl2Si5Zr. The van der Waals surface area contributed by atoms with E-state index >= 15 is 0 Å². The Kier molecular flexibility index (Phi) is 21.2. The average molecular weight is 1030 g/mol. The third-order valence-electron chi connectivity index (χ3n) is 11.8. The fraction of sp³-hybridized carbons (Fsp3) is 0.444. The molecular weight excluding hydrogens is 951 g/mol. The van der Waals surface area contributed by atoms with E-state index in [2.05, 4.69) is 204 Å². The van der Waals surface area contributed by atoms with E-state index < -0.39 is 53.1 Å². The van der Waals surface area contributed by atoms with Crippen LogP contribution in [-0.2, 0) is 46.5 Å². The molecule has 0 heterocycles. The molecule has 0 aliphatic rings. The summed E-state index contributed by atoms with van der Waals surface area (Å²) in [5.74, 6) is 0. The molecule has 334 valence electrons. The van der Waals surface area contributed by atoms with Gasteiger partial charge in [0.05, 0.1) is 32.3 Å². The maximum absolute atomic E-state index is 4.93. The summed E-state index contributed by atoms with van der Waals surface area (Å²) in [6.07, 6.45) is 6.92. The molecule has 0 nitrogen and oxygen atoms in total. The molecule has 62 heavy (non-hydrogen) atoms. The van der Waals surface area contributed by atoms with E-state index in [0.717, 1.165) is 22.4 Å². The number of fused-ring (bicyclic) bond motifs is 2. The number of benzene rings is 4. The van der Waals surface area contributed by atoms with Crippen molar-refractivity contribution in [1.82, 2.24) is 0 Å². The molecule has 0 N–H and O–H groups in total. The van der Waals surface area contributed by atoms with Crippen LogP contribution in [0.3, 0.4) is 0 Å². The van der Waals surface area contributed by atoms with Crippen LogP contribution in [-0.4, -0.2) is 41.8 Å². The van der Waals surface area contributed by atoms with Gasteiger partial charge < -0.3 is 0 Å². The molecule has 6 rings (SSSR count). The summed E-state index contributed by atoms with van der Waals surface area (Å²) in [6, 6.07) is 34.3. The Morgan fingerprint density at radius 3 is 0.968 bits per heavy atom. The summed E-state index contributed by atoms with van der Waals surface area (Å²) < 4.78 is 0. The molecule has 0 unspecified atom stereocenters. The minimum absolute atomic E-state index is 0.826. The zero-order valence-corrected chi connectivity index (χ0v) is 51.1. The Labute approximate surface area is 405 Å². The molecule has 0 saturated heterocycles. The van der Waals surface area contributed by atoms with Crippen LogP contribution in [0.1, 0.15) is 62.8 Å². The van der Waals surface area contributed by atoms with Gasteiger partial charge in [-0.25, -0.2) is 0 Å². The summed E-state index contributed by atoms with van der Waals surface area (Å²) in [7, 11) is 5.40. The first kappa shape index (κ1) is 55.0. The number of hydrogen-bond donors (Lipinski definition) is 0. The monoisotopic (exact) mass is 1030 g/mol. The van der Waals surface area contributed by atoms with Gasteiger partial charge in [-0.2, -0.15) is 12.1 Å². The number of halogens is 2. The van der Waals surface area contributed by atoms with Gasteiger partial charge in [0.15, 0.2) is 0 Å². The second-order valence-electron chi connectivity index (χ2n) is 21.3. The van der Waals surface area contributed by atoms with E-state index in [1.54, 1.807) is 20.7 Å². The minimum atomic E-state index is -1.39. The second-order valence-corrected chi connectivity index (χ2v) is 46.4. The van der Waals surface area contributed by atoms with E-state index in [1.807, 2.05) is 0 Å². The standard InChI is InChI=1S/2C26H37Si2.C2H6Si.2ClH.Zr/c2*1-9-11-19-14-21-13-12-20(10-2)26(25(21)15-19)22-16-23(27(3,4)5)18-24(17-22)28(6,7)8;1-3-2;;;/h2*12-18H,9-11H2,1-8H3;1-2H3;2*1H;/q2*-1;;;;+4/p-2. The Morgan fingerprint density at radius 1 is 0.468 bits per heavy atom. The number of hydrogen-bond acceptors (Lipinski definition) is 0. The van der Waals surface area contributed by atoms with Crippen molar-refractivity contribution >= 4 is 101 Å². The molecule has 0 amide bonds. The van der Waals surface area contributed by atoms with Crippen LogP contribution in [0, 0.1) is 0 Å². The molecule has 0 saturated carbocycles. The molecule has 6 aromatic carbocycles. The van der Waals surface area contributed by atoms with Crippen LogP contribution in [0.2, 0.25) is 91.7 Å². The first-order valence-corrected chi connectivity index (χ1v) is 45.5. The van der Waals surface area contributed by atoms with Crippen LogP contribution in [0.15, 0.2) is 84.9 Å². The fourth-order valence-corrected chi connectivity index (χ4v) is 13.2.